The number of nitrogens with zero attached hydrogens (tertiary/aromatic N) is 2. The average Bonchev–Trinajstić information content (AvgIpc) is 3.42. The van der Waals surface area contributed by atoms with Crippen LogP contribution in [0.15, 0.2) is 60.7 Å². The highest BCUT2D eigenvalue weighted by molar-refractivity contribution is 6.00. The molecule has 1 unspecified atom stereocenters. The van der Waals surface area contributed by atoms with E-state index in [9.17, 15) is 9.90 Å². The Kier molecular flexibility index (Phi) is 6.74. The van der Waals surface area contributed by atoms with Gasteiger partial charge in [0.25, 0.3) is 5.91 Å². The third-order valence-electron chi connectivity index (χ3n) is 6.98. The molecule has 0 aliphatic carbocycles. The quantitative estimate of drug-likeness (QED) is 0.269. The van der Waals surface area contributed by atoms with E-state index in [4.69, 9.17) is 4.74 Å². The molecule has 1 aliphatic heterocycles. The number of fused-ring (bicyclic) bond motifs is 1. The molecule has 190 valence electrons. The van der Waals surface area contributed by atoms with Crippen LogP contribution in [0.25, 0.3) is 11.3 Å². The number of aromatic amines is 1. The second-order valence-corrected chi connectivity index (χ2v) is 9.93. The zero-order chi connectivity index (χ0) is 26.1. The predicted molar refractivity (Wildman–Crippen MR) is 145 cm³/mol. The maximum absolute atomic E-state index is 13.8. The van der Waals surface area contributed by atoms with Crippen molar-refractivity contribution in [3.05, 3.63) is 99.7 Å². The topological polar surface area (TPSA) is 78.5 Å². The lowest BCUT2D eigenvalue weighted by molar-refractivity contribution is 0.0730. The number of phenols is 1. The molecule has 37 heavy (non-hydrogen) atoms. The number of unbranched alkanes of at least 4 members (excludes halogenated alkanes) is 1. The van der Waals surface area contributed by atoms with Crippen molar-refractivity contribution in [1.29, 1.82) is 0 Å². The van der Waals surface area contributed by atoms with Crippen LogP contribution in [0, 0.1) is 20.8 Å². The molecule has 1 aromatic heterocycles. The van der Waals surface area contributed by atoms with Crippen LogP contribution in [0.2, 0.25) is 0 Å². The molecule has 0 saturated heterocycles. The van der Waals surface area contributed by atoms with Crippen LogP contribution in [-0.4, -0.2) is 32.7 Å². The Labute approximate surface area is 217 Å². The van der Waals surface area contributed by atoms with E-state index in [2.05, 4.69) is 48.3 Å². The van der Waals surface area contributed by atoms with E-state index in [-0.39, 0.29) is 17.7 Å². The van der Waals surface area contributed by atoms with Crippen LogP contribution in [0.1, 0.15) is 69.7 Å². The summed E-state index contributed by atoms with van der Waals surface area (Å²) in [5, 5.41) is 18.5. The molecular weight excluding hydrogens is 462 g/mol. The normalized spacial score (nSPS) is 14.8. The van der Waals surface area contributed by atoms with Gasteiger partial charge in [-0.1, -0.05) is 61.4 Å². The van der Waals surface area contributed by atoms with Crippen molar-refractivity contribution >= 4 is 5.91 Å². The Morgan fingerprint density at radius 2 is 1.81 bits per heavy atom. The first-order valence-electron chi connectivity index (χ1n) is 12.9. The number of aromatic nitrogens is 2. The maximum atomic E-state index is 13.8. The summed E-state index contributed by atoms with van der Waals surface area (Å²) in [5.41, 5.74) is 7.42. The first-order chi connectivity index (χ1) is 17.9. The van der Waals surface area contributed by atoms with Gasteiger partial charge in [-0.2, -0.15) is 5.10 Å². The number of aryl methyl sites for hydroxylation is 3. The van der Waals surface area contributed by atoms with Gasteiger partial charge in [0.15, 0.2) is 0 Å². The van der Waals surface area contributed by atoms with E-state index in [1.165, 1.54) is 5.56 Å². The van der Waals surface area contributed by atoms with E-state index in [1.807, 2.05) is 55.1 Å². The third-order valence-corrected chi connectivity index (χ3v) is 6.98. The minimum Gasteiger partial charge on any atom is -0.507 e. The highest BCUT2D eigenvalue weighted by Crippen LogP contribution is 2.46. The van der Waals surface area contributed by atoms with Gasteiger partial charge < -0.3 is 14.7 Å². The van der Waals surface area contributed by atoms with Crippen LogP contribution in [0.3, 0.4) is 0 Å². The zero-order valence-corrected chi connectivity index (χ0v) is 21.8. The third kappa shape index (κ3) is 4.71. The first kappa shape index (κ1) is 24.6. The number of amides is 1. The van der Waals surface area contributed by atoms with Crippen LogP contribution >= 0.6 is 0 Å². The fourth-order valence-electron chi connectivity index (χ4n) is 5.05. The van der Waals surface area contributed by atoms with E-state index < -0.39 is 0 Å². The van der Waals surface area contributed by atoms with E-state index in [0.717, 1.165) is 46.4 Å². The molecule has 2 N–H and O–H groups in total. The molecule has 1 amide bonds. The molecule has 6 heteroatoms. The molecule has 1 atom stereocenters. The smallest absolute Gasteiger partial charge is 0.273 e. The molecule has 0 fully saturated rings. The van der Waals surface area contributed by atoms with Crippen molar-refractivity contribution in [3.8, 4) is 22.8 Å². The molecule has 4 aromatic rings. The predicted octanol–water partition coefficient (Wildman–Crippen LogP) is 6.63. The summed E-state index contributed by atoms with van der Waals surface area (Å²) in [6.07, 6.45) is 2.04. The summed E-state index contributed by atoms with van der Waals surface area (Å²) in [6.45, 7) is 9.16. The number of hydrogen-bond acceptors (Lipinski definition) is 4. The molecule has 2 heterocycles. The second-order valence-electron chi connectivity index (χ2n) is 9.93. The lowest BCUT2D eigenvalue weighted by Crippen LogP contribution is -2.29. The second kappa shape index (κ2) is 10.1. The molecule has 3 aromatic carbocycles. The molecule has 0 saturated carbocycles. The number of phenolic OH excluding ortho intramolecular Hbond substituents is 1. The lowest BCUT2D eigenvalue weighted by Gasteiger charge is -2.27. The summed E-state index contributed by atoms with van der Waals surface area (Å²) in [5.74, 6) is 0.849. The zero-order valence-electron chi connectivity index (χ0n) is 21.8. The highest BCUT2D eigenvalue weighted by Gasteiger charge is 2.42. The van der Waals surface area contributed by atoms with Crippen LogP contribution in [0.4, 0.5) is 0 Å². The van der Waals surface area contributed by atoms with Gasteiger partial charge in [-0.25, -0.2) is 0 Å². The number of carbonyl (C=O) groups is 1. The van der Waals surface area contributed by atoms with E-state index in [1.54, 1.807) is 0 Å². The van der Waals surface area contributed by atoms with Crippen LogP contribution < -0.4 is 4.74 Å². The van der Waals surface area contributed by atoms with Crippen LogP contribution in [-0.2, 0) is 6.54 Å². The first-order valence-corrected chi connectivity index (χ1v) is 12.9. The van der Waals surface area contributed by atoms with Gasteiger partial charge in [0, 0.05) is 17.7 Å². The van der Waals surface area contributed by atoms with Crippen molar-refractivity contribution in [1.82, 2.24) is 15.1 Å². The number of hydrogen-bond donors (Lipinski definition) is 2. The Bertz CT molecular complexity index is 1440. The van der Waals surface area contributed by atoms with Gasteiger partial charge in [-0.15, -0.1) is 0 Å². The number of H-pyrrole nitrogens is 1. The Morgan fingerprint density at radius 3 is 2.57 bits per heavy atom. The number of aromatic hydroxyl groups is 1. The van der Waals surface area contributed by atoms with Crippen molar-refractivity contribution in [2.24, 2.45) is 0 Å². The standard InChI is InChI=1S/C31H33N3O3/c1-5-6-14-37-24-9-7-8-23(17-24)29-26-27(25-16-20(3)15-21(4)30(25)35)32-33-28(26)31(36)34(29)18-22-12-10-19(2)11-13-22/h7-13,15-17,29,35H,5-6,14,18H2,1-4H3,(H,32,33). The largest absolute Gasteiger partial charge is 0.507 e. The fraction of sp³-hybridized carbons (Fsp3) is 0.290. The van der Waals surface area contributed by atoms with Crippen molar-refractivity contribution in [3.63, 3.8) is 0 Å². The summed E-state index contributed by atoms with van der Waals surface area (Å²) in [6, 6.07) is 19.7. The summed E-state index contributed by atoms with van der Waals surface area (Å²) in [4.78, 5) is 15.6. The minimum absolute atomic E-state index is 0.111. The summed E-state index contributed by atoms with van der Waals surface area (Å²) < 4.78 is 6.01. The number of ether oxygens (including phenoxy) is 1. The van der Waals surface area contributed by atoms with Crippen molar-refractivity contribution < 1.29 is 14.6 Å². The van der Waals surface area contributed by atoms with Gasteiger partial charge in [0.1, 0.15) is 22.9 Å². The minimum atomic E-state index is -0.382. The van der Waals surface area contributed by atoms with Gasteiger partial charge in [0.2, 0.25) is 0 Å². The molecule has 0 bridgehead atoms. The summed E-state index contributed by atoms with van der Waals surface area (Å²) >= 11 is 0. The summed E-state index contributed by atoms with van der Waals surface area (Å²) in [7, 11) is 0. The van der Waals surface area contributed by atoms with Crippen molar-refractivity contribution in [2.75, 3.05) is 6.61 Å². The molecule has 0 spiro atoms. The van der Waals surface area contributed by atoms with Crippen molar-refractivity contribution in [2.45, 2.75) is 53.1 Å². The molecule has 5 rings (SSSR count). The Hall–Kier alpha value is -4.06. The SMILES string of the molecule is CCCCOc1cccc(C2c3c(-c4cc(C)cc(C)c4O)n[nH]c3C(=O)N2Cc2ccc(C)cc2)c1. The van der Waals surface area contributed by atoms with Gasteiger partial charge >= 0.3 is 0 Å². The van der Waals surface area contributed by atoms with Gasteiger partial charge in [0.05, 0.1) is 12.6 Å². The molecular formula is C31H33N3O3. The lowest BCUT2D eigenvalue weighted by atomic mass is 9.94. The van der Waals surface area contributed by atoms with Gasteiger partial charge in [-0.05, 0) is 67.6 Å². The van der Waals surface area contributed by atoms with Gasteiger partial charge in [-0.3, -0.25) is 9.89 Å². The molecule has 6 nitrogen and oxygen atoms in total. The van der Waals surface area contributed by atoms with E-state index >= 15 is 0 Å². The molecule has 0 radical (unpaired) electrons. The molecule has 1 aliphatic rings. The fourth-order valence-corrected chi connectivity index (χ4v) is 5.05. The number of benzene rings is 3. The monoisotopic (exact) mass is 495 g/mol. The number of carbonyl (C=O) groups excluding carboxylic acids is 1. The maximum Gasteiger partial charge on any atom is 0.273 e. The number of nitrogens with one attached hydrogen (secondary N) is 1. The Balaban J connectivity index is 1.63. The highest BCUT2D eigenvalue weighted by atomic mass is 16.5. The Morgan fingerprint density at radius 1 is 1.03 bits per heavy atom. The number of rotatable bonds is 8. The van der Waals surface area contributed by atoms with Crippen LogP contribution in [0.5, 0.6) is 11.5 Å². The average molecular weight is 496 g/mol. The van der Waals surface area contributed by atoms with E-state index in [0.29, 0.717) is 30.1 Å².